The van der Waals surface area contributed by atoms with Crippen molar-refractivity contribution in [3.63, 3.8) is 0 Å². The van der Waals surface area contributed by atoms with Gasteiger partial charge < -0.3 is 5.73 Å². The second-order valence-corrected chi connectivity index (χ2v) is 7.30. The molecule has 3 rings (SSSR count). The van der Waals surface area contributed by atoms with Crippen LogP contribution in [-0.4, -0.2) is 30.0 Å². The molecule has 0 atom stereocenters. The lowest BCUT2D eigenvalue weighted by atomic mass is 10.0. The molecule has 110 valence electrons. The number of nitrogens with two attached hydrogens (primary N) is 1. The number of sulfonamides is 1. The first kappa shape index (κ1) is 14.0. The van der Waals surface area contributed by atoms with Crippen LogP contribution in [0.1, 0.15) is 12.0 Å². The van der Waals surface area contributed by atoms with E-state index in [1.54, 1.807) is 16.7 Å². The van der Waals surface area contributed by atoms with Crippen LogP contribution in [0.25, 0.3) is 11.1 Å². The van der Waals surface area contributed by atoms with E-state index >= 15 is 0 Å². The van der Waals surface area contributed by atoms with Crippen molar-refractivity contribution in [3.8, 4) is 11.1 Å². The minimum absolute atomic E-state index is 0.256. The van der Waals surface area contributed by atoms with Crippen LogP contribution in [0.5, 0.6) is 0 Å². The molecular weight excluding hydrogens is 286 g/mol. The summed E-state index contributed by atoms with van der Waals surface area (Å²) in [5.74, 6) is 0.256. The molecule has 0 radical (unpaired) electrons. The second-order valence-electron chi connectivity index (χ2n) is 5.21. The minimum Gasteiger partial charge on any atom is -0.397 e. The maximum absolute atomic E-state index is 11.9. The van der Waals surface area contributed by atoms with Gasteiger partial charge in [0.05, 0.1) is 11.4 Å². The summed E-state index contributed by atoms with van der Waals surface area (Å²) in [7, 11) is -3.07. The van der Waals surface area contributed by atoms with Gasteiger partial charge in [0, 0.05) is 31.0 Å². The number of nitrogen functional groups attached to an aromatic ring is 1. The lowest BCUT2D eigenvalue weighted by Crippen LogP contribution is -2.25. The summed E-state index contributed by atoms with van der Waals surface area (Å²) < 4.78 is 25.3. The molecule has 1 fully saturated rings. The van der Waals surface area contributed by atoms with Gasteiger partial charge in [-0.25, -0.2) is 8.42 Å². The molecule has 1 aromatic heterocycles. The average Bonchev–Trinajstić information content (AvgIpc) is 2.78. The van der Waals surface area contributed by atoms with Gasteiger partial charge in [-0.3, -0.25) is 4.98 Å². The summed E-state index contributed by atoms with van der Waals surface area (Å²) >= 11 is 0. The normalized spacial score (nSPS) is 17.9. The van der Waals surface area contributed by atoms with Crippen molar-refractivity contribution in [2.24, 2.45) is 0 Å². The Labute approximate surface area is 124 Å². The third-order valence-corrected chi connectivity index (χ3v) is 5.48. The highest BCUT2D eigenvalue weighted by atomic mass is 32.2. The van der Waals surface area contributed by atoms with Crippen LogP contribution < -0.4 is 5.73 Å². The van der Waals surface area contributed by atoms with Gasteiger partial charge in [0.1, 0.15) is 0 Å². The summed E-state index contributed by atoms with van der Waals surface area (Å²) in [5.41, 5.74) is 9.26. The molecule has 21 heavy (non-hydrogen) atoms. The Hall–Kier alpha value is -1.92. The number of rotatable bonds is 3. The molecule has 0 aliphatic carbocycles. The van der Waals surface area contributed by atoms with Gasteiger partial charge >= 0.3 is 0 Å². The van der Waals surface area contributed by atoms with Crippen LogP contribution in [0, 0.1) is 0 Å². The number of aromatic nitrogens is 1. The zero-order chi connectivity index (χ0) is 14.9. The van der Waals surface area contributed by atoms with Crippen LogP contribution in [0.15, 0.2) is 42.7 Å². The molecule has 2 N–H and O–H groups in total. The topological polar surface area (TPSA) is 76.3 Å². The van der Waals surface area contributed by atoms with Gasteiger partial charge in [-0.1, -0.05) is 18.2 Å². The van der Waals surface area contributed by atoms with Gasteiger partial charge in [0.15, 0.2) is 0 Å². The van der Waals surface area contributed by atoms with Crippen LogP contribution in [0.3, 0.4) is 0 Å². The quantitative estimate of drug-likeness (QED) is 0.939. The fourth-order valence-corrected chi connectivity index (χ4v) is 4.04. The van der Waals surface area contributed by atoms with Gasteiger partial charge in [-0.05, 0) is 29.7 Å². The minimum atomic E-state index is -3.07. The van der Waals surface area contributed by atoms with Crippen LogP contribution in [0.4, 0.5) is 5.69 Å². The Bertz CT molecular complexity index is 759. The van der Waals surface area contributed by atoms with Gasteiger partial charge in [-0.2, -0.15) is 4.31 Å². The van der Waals surface area contributed by atoms with E-state index in [9.17, 15) is 8.42 Å². The van der Waals surface area contributed by atoms with E-state index in [1.165, 1.54) is 0 Å². The summed E-state index contributed by atoms with van der Waals surface area (Å²) in [5, 5.41) is 0. The molecule has 6 heteroatoms. The Kier molecular flexibility index (Phi) is 3.65. The van der Waals surface area contributed by atoms with Crippen molar-refractivity contribution in [3.05, 3.63) is 48.3 Å². The predicted octanol–water partition coefficient (Wildman–Crippen LogP) is 1.87. The predicted molar refractivity (Wildman–Crippen MR) is 82.9 cm³/mol. The van der Waals surface area contributed by atoms with Crippen LogP contribution in [0.2, 0.25) is 0 Å². The molecule has 5 nitrogen and oxygen atoms in total. The van der Waals surface area contributed by atoms with E-state index < -0.39 is 10.0 Å². The van der Waals surface area contributed by atoms with E-state index in [4.69, 9.17) is 5.73 Å². The molecule has 0 unspecified atom stereocenters. The zero-order valence-corrected chi connectivity index (χ0v) is 12.4. The van der Waals surface area contributed by atoms with Gasteiger partial charge in [0.2, 0.25) is 10.0 Å². The highest BCUT2D eigenvalue weighted by molar-refractivity contribution is 7.89. The smallest absolute Gasteiger partial charge is 0.214 e. The maximum Gasteiger partial charge on any atom is 0.214 e. The van der Waals surface area contributed by atoms with Crippen molar-refractivity contribution in [2.45, 2.75) is 13.0 Å². The fraction of sp³-hybridized carbons (Fsp3) is 0.267. The number of benzene rings is 1. The molecule has 1 aliphatic rings. The summed E-state index contributed by atoms with van der Waals surface area (Å²) in [6, 6.07) is 9.69. The lowest BCUT2D eigenvalue weighted by Gasteiger charge is -2.15. The van der Waals surface area contributed by atoms with E-state index in [-0.39, 0.29) is 5.75 Å². The number of hydrogen-bond donors (Lipinski definition) is 1. The van der Waals surface area contributed by atoms with E-state index in [0.717, 1.165) is 16.7 Å². The number of nitrogens with zero attached hydrogens (tertiary/aromatic N) is 2. The zero-order valence-electron chi connectivity index (χ0n) is 11.6. The summed E-state index contributed by atoms with van der Waals surface area (Å²) in [4.78, 5) is 4.09. The molecule has 1 saturated heterocycles. The second kappa shape index (κ2) is 5.46. The van der Waals surface area contributed by atoms with Crippen molar-refractivity contribution in [1.82, 2.24) is 9.29 Å². The lowest BCUT2D eigenvalue weighted by molar-refractivity contribution is 0.440. The summed E-state index contributed by atoms with van der Waals surface area (Å²) in [6.45, 7) is 1.03. The van der Waals surface area contributed by atoms with Crippen molar-refractivity contribution in [1.29, 1.82) is 0 Å². The molecule has 0 amide bonds. The monoisotopic (exact) mass is 303 g/mol. The van der Waals surface area contributed by atoms with Crippen LogP contribution in [-0.2, 0) is 16.6 Å². The third-order valence-electron chi connectivity index (χ3n) is 3.58. The SMILES string of the molecule is Nc1cncc(-c2cccc(CN3CCCS3(=O)=O)c2)c1. The number of hydrogen-bond acceptors (Lipinski definition) is 4. The molecule has 1 aliphatic heterocycles. The fourth-order valence-electron chi connectivity index (χ4n) is 2.54. The molecule has 0 saturated carbocycles. The Morgan fingerprint density at radius 2 is 2.05 bits per heavy atom. The average molecular weight is 303 g/mol. The van der Waals surface area contributed by atoms with E-state index in [1.807, 2.05) is 30.3 Å². The molecule has 1 aromatic carbocycles. The Morgan fingerprint density at radius 3 is 2.76 bits per heavy atom. The molecule has 0 spiro atoms. The number of anilines is 1. The Morgan fingerprint density at radius 1 is 1.19 bits per heavy atom. The first-order chi connectivity index (χ1) is 10.0. The third kappa shape index (κ3) is 3.06. The highest BCUT2D eigenvalue weighted by Crippen LogP contribution is 2.23. The number of pyridine rings is 1. The first-order valence-electron chi connectivity index (χ1n) is 6.82. The van der Waals surface area contributed by atoms with Crippen LogP contribution >= 0.6 is 0 Å². The highest BCUT2D eigenvalue weighted by Gasteiger charge is 2.27. The van der Waals surface area contributed by atoms with Crippen molar-refractivity contribution in [2.75, 3.05) is 18.0 Å². The first-order valence-corrected chi connectivity index (χ1v) is 8.43. The van der Waals surface area contributed by atoms with E-state index in [0.29, 0.717) is 25.2 Å². The van der Waals surface area contributed by atoms with Gasteiger partial charge in [0.25, 0.3) is 0 Å². The van der Waals surface area contributed by atoms with E-state index in [2.05, 4.69) is 4.98 Å². The largest absolute Gasteiger partial charge is 0.397 e. The molecule has 0 bridgehead atoms. The van der Waals surface area contributed by atoms with Gasteiger partial charge in [-0.15, -0.1) is 0 Å². The summed E-state index contributed by atoms with van der Waals surface area (Å²) in [6.07, 6.45) is 4.06. The van der Waals surface area contributed by atoms with Crippen molar-refractivity contribution >= 4 is 15.7 Å². The Balaban J connectivity index is 1.87. The van der Waals surface area contributed by atoms with Crippen molar-refractivity contribution < 1.29 is 8.42 Å². The molecule has 2 aromatic rings. The molecular formula is C15H17N3O2S. The molecule has 2 heterocycles. The maximum atomic E-state index is 11.9. The standard InChI is InChI=1S/C15H17N3O2S/c16-15-8-14(9-17-10-15)13-4-1-3-12(7-13)11-18-5-2-6-21(18,19)20/h1,3-4,7-10H,2,5-6,11,16H2.